The summed E-state index contributed by atoms with van der Waals surface area (Å²) in [6.07, 6.45) is -0.454. The molecule has 0 spiro atoms. The van der Waals surface area contributed by atoms with Gasteiger partial charge in [0.2, 0.25) is 0 Å². The minimum Gasteiger partial charge on any atom is -0.497 e. The fraction of sp³-hybridized carbons (Fsp3) is 0.458. The lowest BCUT2D eigenvalue weighted by atomic mass is 10.0. The highest BCUT2D eigenvalue weighted by atomic mass is 19.1. The molecule has 0 aromatic heterocycles. The van der Waals surface area contributed by atoms with Gasteiger partial charge in [0.25, 0.3) is 0 Å². The Morgan fingerprint density at radius 3 is 2.50 bits per heavy atom. The first-order valence-electron chi connectivity index (χ1n) is 10.5. The third kappa shape index (κ3) is 5.51. The molecule has 1 aliphatic heterocycles. The summed E-state index contributed by atoms with van der Waals surface area (Å²) in [5, 5.41) is 3.06. The van der Waals surface area contributed by atoms with Gasteiger partial charge in [0.1, 0.15) is 11.9 Å². The summed E-state index contributed by atoms with van der Waals surface area (Å²) in [4.78, 5) is 16.9. The Hall–Kier alpha value is -2.60. The van der Waals surface area contributed by atoms with Crippen molar-refractivity contribution in [1.82, 2.24) is 15.1 Å². The number of urea groups is 1. The van der Waals surface area contributed by atoms with Crippen molar-refractivity contribution < 1.29 is 13.9 Å². The van der Waals surface area contributed by atoms with Crippen LogP contribution in [0.25, 0.3) is 0 Å². The summed E-state index contributed by atoms with van der Waals surface area (Å²) in [6, 6.07) is 14.8. The van der Waals surface area contributed by atoms with E-state index in [1.807, 2.05) is 74.3 Å². The molecule has 0 unspecified atom stereocenters. The number of rotatable bonds is 6. The maximum absolute atomic E-state index is 14.9. The molecule has 162 valence electrons. The van der Waals surface area contributed by atoms with E-state index in [4.69, 9.17) is 4.74 Å². The zero-order valence-electron chi connectivity index (χ0n) is 18.3. The van der Waals surface area contributed by atoms with Crippen molar-refractivity contribution in [3.63, 3.8) is 0 Å². The van der Waals surface area contributed by atoms with Crippen LogP contribution in [0.15, 0.2) is 48.5 Å². The van der Waals surface area contributed by atoms with Gasteiger partial charge in [-0.25, -0.2) is 9.18 Å². The van der Waals surface area contributed by atoms with Gasteiger partial charge in [-0.05, 0) is 50.6 Å². The molecule has 2 aromatic carbocycles. The first kappa shape index (κ1) is 22.1. The van der Waals surface area contributed by atoms with Crippen LogP contribution in [0.3, 0.4) is 0 Å². The van der Waals surface area contributed by atoms with Gasteiger partial charge in [-0.2, -0.15) is 0 Å². The number of alkyl halides is 1. The van der Waals surface area contributed by atoms with Crippen LogP contribution in [0.4, 0.5) is 9.18 Å². The Bertz CT molecular complexity index is 825. The summed E-state index contributed by atoms with van der Waals surface area (Å²) in [6.45, 7) is 5.47. The third-order valence-corrected chi connectivity index (χ3v) is 5.80. The van der Waals surface area contributed by atoms with Crippen molar-refractivity contribution in [2.45, 2.75) is 45.1 Å². The molecule has 1 aliphatic rings. The Balaban J connectivity index is 1.77. The van der Waals surface area contributed by atoms with Gasteiger partial charge in [-0.15, -0.1) is 0 Å². The lowest BCUT2D eigenvalue weighted by molar-refractivity contribution is 0.0565. The average Bonchev–Trinajstić information content (AvgIpc) is 2.74. The first-order valence-corrected chi connectivity index (χ1v) is 10.5. The Morgan fingerprint density at radius 2 is 1.90 bits per heavy atom. The number of methoxy groups -OCH3 is 1. The minimum absolute atomic E-state index is 0.201. The van der Waals surface area contributed by atoms with E-state index in [1.165, 1.54) is 0 Å². The lowest BCUT2D eigenvalue weighted by Gasteiger charge is -2.40. The maximum atomic E-state index is 14.9. The number of hydrogen-bond donors (Lipinski definition) is 1. The highest BCUT2D eigenvalue weighted by molar-refractivity contribution is 5.75. The van der Waals surface area contributed by atoms with Crippen LogP contribution in [0.1, 0.15) is 36.1 Å². The molecule has 3 rings (SSSR count). The van der Waals surface area contributed by atoms with Gasteiger partial charge in [0.15, 0.2) is 0 Å². The SMILES string of the molecule is COc1ccc([C@H](C)NC(=O)N(Cc2ccc(C)cc2)[C@@H]2CCN(C)C[C@@H]2F)cc1. The molecule has 0 radical (unpaired) electrons. The van der Waals surface area contributed by atoms with Crippen molar-refractivity contribution in [2.24, 2.45) is 0 Å². The molecule has 0 aliphatic carbocycles. The molecule has 1 heterocycles. The summed E-state index contributed by atoms with van der Waals surface area (Å²) < 4.78 is 20.1. The van der Waals surface area contributed by atoms with E-state index in [2.05, 4.69) is 5.32 Å². The Morgan fingerprint density at radius 1 is 1.23 bits per heavy atom. The van der Waals surface area contributed by atoms with Crippen molar-refractivity contribution in [3.8, 4) is 5.75 Å². The zero-order chi connectivity index (χ0) is 21.7. The number of aryl methyl sites for hydroxylation is 1. The Kier molecular flexibility index (Phi) is 7.32. The number of carbonyl (C=O) groups is 1. The van der Waals surface area contributed by atoms with Gasteiger partial charge < -0.3 is 19.9 Å². The van der Waals surface area contributed by atoms with Gasteiger partial charge in [0.05, 0.1) is 19.2 Å². The van der Waals surface area contributed by atoms with E-state index < -0.39 is 12.2 Å². The van der Waals surface area contributed by atoms with E-state index in [1.54, 1.807) is 12.0 Å². The minimum atomic E-state index is -1.07. The molecule has 1 saturated heterocycles. The number of ether oxygens (including phenoxy) is 1. The zero-order valence-corrected chi connectivity index (χ0v) is 18.3. The summed E-state index contributed by atoms with van der Waals surface area (Å²) in [5.74, 6) is 0.768. The second-order valence-electron chi connectivity index (χ2n) is 8.19. The van der Waals surface area contributed by atoms with E-state index in [-0.39, 0.29) is 12.1 Å². The highest BCUT2D eigenvalue weighted by Gasteiger charge is 2.35. The summed E-state index contributed by atoms with van der Waals surface area (Å²) in [7, 11) is 3.54. The second-order valence-corrected chi connectivity index (χ2v) is 8.19. The molecule has 2 amide bonds. The predicted molar refractivity (Wildman–Crippen MR) is 117 cm³/mol. The van der Waals surface area contributed by atoms with Crippen LogP contribution < -0.4 is 10.1 Å². The molecule has 2 aromatic rings. The predicted octanol–water partition coefficient (Wildman–Crippen LogP) is 4.32. The molecule has 30 heavy (non-hydrogen) atoms. The van der Waals surface area contributed by atoms with Crippen molar-refractivity contribution in [3.05, 3.63) is 65.2 Å². The number of amides is 2. The van der Waals surface area contributed by atoms with Crippen molar-refractivity contribution in [1.29, 1.82) is 0 Å². The third-order valence-electron chi connectivity index (χ3n) is 5.80. The number of nitrogens with one attached hydrogen (secondary N) is 1. The van der Waals surface area contributed by atoms with Crippen LogP contribution in [0.5, 0.6) is 5.75 Å². The van der Waals surface area contributed by atoms with Gasteiger partial charge >= 0.3 is 6.03 Å². The molecule has 1 N–H and O–H groups in total. The highest BCUT2D eigenvalue weighted by Crippen LogP contribution is 2.23. The fourth-order valence-corrected chi connectivity index (χ4v) is 3.87. The quantitative estimate of drug-likeness (QED) is 0.767. The van der Waals surface area contributed by atoms with Crippen LogP contribution in [0, 0.1) is 6.92 Å². The molecular weight excluding hydrogens is 381 g/mol. The molecule has 0 saturated carbocycles. The number of benzene rings is 2. The average molecular weight is 414 g/mol. The van der Waals surface area contributed by atoms with Crippen molar-refractivity contribution in [2.75, 3.05) is 27.2 Å². The van der Waals surface area contributed by atoms with Crippen LogP contribution in [0.2, 0.25) is 0 Å². The number of nitrogens with zero attached hydrogens (tertiary/aromatic N) is 2. The molecule has 5 nitrogen and oxygen atoms in total. The molecule has 1 fully saturated rings. The monoisotopic (exact) mass is 413 g/mol. The van der Waals surface area contributed by atoms with Gasteiger partial charge in [-0.3, -0.25) is 0 Å². The summed E-state index contributed by atoms with van der Waals surface area (Å²) >= 11 is 0. The van der Waals surface area contributed by atoms with Crippen molar-refractivity contribution >= 4 is 6.03 Å². The smallest absolute Gasteiger partial charge is 0.318 e. The van der Waals surface area contributed by atoms with E-state index >= 15 is 0 Å². The molecule has 3 atom stereocenters. The molecule has 0 bridgehead atoms. The number of hydrogen-bond acceptors (Lipinski definition) is 3. The maximum Gasteiger partial charge on any atom is 0.318 e. The molecule has 6 heteroatoms. The van der Waals surface area contributed by atoms with E-state index in [9.17, 15) is 9.18 Å². The summed E-state index contributed by atoms with van der Waals surface area (Å²) in [5.41, 5.74) is 3.13. The number of carbonyl (C=O) groups excluding carboxylic acids is 1. The second kappa shape index (κ2) is 9.94. The standard InChI is InChI=1S/C24H32FN3O2/c1-17-5-7-19(8-6-17)15-28(23-13-14-27(3)16-22(23)25)24(29)26-18(2)20-9-11-21(30-4)12-10-20/h5-12,18,22-23H,13-16H2,1-4H3,(H,26,29)/t18-,22-,23+/m0/s1. The van der Waals surface area contributed by atoms with Gasteiger partial charge in [-0.1, -0.05) is 42.0 Å². The molecular formula is C24H32FN3O2. The van der Waals surface area contributed by atoms with E-state index in [0.29, 0.717) is 19.5 Å². The van der Waals surface area contributed by atoms with Crippen LogP contribution >= 0.6 is 0 Å². The number of halogens is 1. The Labute approximate surface area is 178 Å². The van der Waals surface area contributed by atoms with E-state index in [0.717, 1.165) is 29.0 Å². The fourth-order valence-electron chi connectivity index (χ4n) is 3.87. The topological polar surface area (TPSA) is 44.8 Å². The first-order chi connectivity index (χ1) is 14.4. The van der Waals surface area contributed by atoms with Crippen LogP contribution in [-0.2, 0) is 6.54 Å². The normalized spacial score (nSPS) is 20.4. The van der Waals surface area contributed by atoms with Crippen LogP contribution in [-0.4, -0.2) is 55.3 Å². The largest absolute Gasteiger partial charge is 0.497 e. The number of likely N-dealkylation sites (tertiary alicyclic amines) is 1. The lowest BCUT2D eigenvalue weighted by Crippen LogP contribution is -2.55. The van der Waals surface area contributed by atoms with Gasteiger partial charge in [0, 0.05) is 19.6 Å². The number of piperidine rings is 1.